The lowest BCUT2D eigenvalue weighted by atomic mass is 10.1. The number of rotatable bonds is 3. The third kappa shape index (κ3) is 2.64. The summed E-state index contributed by atoms with van der Waals surface area (Å²) in [6, 6.07) is 7.90. The van der Waals surface area contributed by atoms with Gasteiger partial charge in [-0.1, -0.05) is 12.1 Å². The zero-order valence-corrected chi connectivity index (χ0v) is 11.0. The summed E-state index contributed by atoms with van der Waals surface area (Å²) in [6.07, 6.45) is 1.84. The van der Waals surface area contributed by atoms with Gasteiger partial charge < -0.3 is 15.0 Å². The standard InChI is InChI=1S/C14H20N2O2/c1-15-13-6-4-3-5-12(13)14(17)16(2)11-7-9-18-10-8-11/h3-6,11,15H,7-10H2,1-2H3. The normalized spacial score (nSPS) is 16.3. The molecule has 0 aromatic heterocycles. The van der Waals surface area contributed by atoms with Crippen LogP contribution in [0.2, 0.25) is 0 Å². The summed E-state index contributed by atoms with van der Waals surface area (Å²) in [6.45, 7) is 1.49. The van der Waals surface area contributed by atoms with E-state index in [9.17, 15) is 4.79 Å². The van der Waals surface area contributed by atoms with E-state index in [0.29, 0.717) is 0 Å². The van der Waals surface area contributed by atoms with Gasteiger partial charge in [-0.3, -0.25) is 4.79 Å². The monoisotopic (exact) mass is 248 g/mol. The van der Waals surface area contributed by atoms with Gasteiger partial charge in [0.15, 0.2) is 0 Å². The van der Waals surface area contributed by atoms with Crippen molar-refractivity contribution in [2.24, 2.45) is 0 Å². The highest BCUT2D eigenvalue weighted by molar-refractivity contribution is 5.99. The second-order valence-corrected chi connectivity index (χ2v) is 4.56. The molecule has 0 bridgehead atoms. The predicted molar refractivity (Wildman–Crippen MR) is 71.9 cm³/mol. The van der Waals surface area contributed by atoms with E-state index < -0.39 is 0 Å². The summed E-state index contributed by atoms with van der Waals surface area (Å²) in [7, 11) is 3.71. The average molecular weight is 248 g/mol. The van der Waals surface area contributed by atoms with Gasteiger partial charge in [-0.05, 0) is 25.0 Å². The quantitative estimate of drug-likeness (QED) is 0.889. The molecule has 1 N–H and O–H groups in total. The minimum atomic E-state index is 0.0758. The summed E-state index contributed by atoms with van der Waals surface area (Å²) in [4.78, 5) is 14.3. The molecule has 1 heterocycles. The Bertz CT molecular complexity index is 414. The number of carbonyl (C=O) groups is 1. The lowest BCUT2D eigenvalue weighted by Gasteiger charge is -2.31. The highest BCUT2D eigenvalue weighted by Crippen LogP contribution is 2.20. The summed E-state index contributed by atoms with van der Waals surface area (Å²) >= 11 is 0. The third-order valence-corrected chi connectivity index (χ3v) is 3.49. The number of benzene rings is 1. The largest absolute Gasteiger partial charge is 0.387 e. The minimum Gasteiger partial charge on any atom is -0.387 e. The Labute approximate surface area is 108 Å². The second-order valence-electron chi connectivity index (χ2n) is 4.56. The number of hydrogen-bond donors (Lipinski definition) is 1. The molecule has 1 aromatic rings. The van der Waals surface area contributed by atoms with Crippen molar-refractivity contribution < 1.29 is 9.53 Å². The molecule has 1 amide bonds. The zero-order chi connectivity index (χ0) is 13.0. The van der Waals surface area contributed by atoms with Gasteiger partial charge in [-0.25, -0.2) is 0 Å². The van der Waals surface area contributed by atoms with Crippen LogP contribution in [-0.4, -0.2) is 44.2 Å². The smallest absolute Gasteiger partial charge is 0.255 e. The van der Waals surface area contributed by atoms with Crippen molar-refractivity contribution in [3.63, 3.8) is 0 Å². The van der Waals surface area contributed by atoms with E-state index in [-0.39, 0.29) is 11.9 Å². The molecule has 2 rings (SSSR count). The first-order chi connectivity index (χ1) is 8.74. The molecular formula is C14H20N2O2. The lowest BCUT2D eigenvalue weighted by Crippen LogP contribution is -2.40. The highest BCUT2D eigenvalue weighted by atomic mass is 16.5. The van der Waals surface area contributed by atoms with Crippen LogP contribution in [0.4, 0.5) is 5.69 Å². The molecule has 4 nitrogen and oxygen atoms in total. The maximum atomic E-state index is 12.5. The van der Waals surface area contributed by atoms with Gasteiger partial charge in [-0.2, -0.15) is 0 Å². The van der Waals surface area contributed by atoms with Crippen molar-refractivity contribution in [2.75, 3.05) is 32.6 Å². The van der Waals surface area contributed by atoms with Gasteiger partial charge in [0.2, 0.25) is 0 Å². The Morgan fingerprint density at radius 3 is 2.67 bits per heavy atom. The van der Waals surface area contributed by atoms with Crippen molar-refractivity contribution in [1.82, 2.24) is 4.90 Å². The van der Waals surface area contributed by atoms with Gasteiger partial charge >= 0.3 is 0 Å². The molecule has 1 aromatic carbocycles. The maximum Gasteiger partial charge on any atom is 0.255 e. The number of anilines is 1. The van der Waals surface area contributed by atoms with E-state index in [1.807, 2.05) is 43.3 Å². The van der Waals surface area contributed by atoms with Crippen LogP contribution in [0.25, 0.3) is 0 Å². The fourth-order valence-corrected chi connectivity index (χ4v) is 2.32. The molecule has 1 saturated heterocycles. The number of nitrogens with one attached hydrogen (secondary N) is 1. The van der Waals surface area contributed by atoms with Crippen LogP contribution < -0.4 is 5.32 Å². The fourth-order valence-electron chi connectivity index (χ4n) is 2.32. The first kappa shape index (κ1) is 12.9. The van der Waals surface area contributed by atoms with Crippen molar-refractivity contribution in [3.05, 3.63) is 29.8 Å². The van der Waals surface area contributed by atoms with Crippen LogP contribution in [0.15, 0.2) is 24.3 Å². The summed E-state index contributed by atoms with van der Waals surface area (Å²) < 4.78 is 5.33. The molecular weight excluding hydrogens is 228 g/mol. The second kappa shape index (κ2) is 5.87. The Balaban J connectivity index is 2.14. The van der Waals surface area contributed by atoms with E-state index in [4.69, 9.17) is 4.74 Å². The van der Waals surface area contributed by atoms with Crippen LogP contribution in [0, 0.1) is 0 Å². The molecule has 0 spiro atoms. The maximum absolute atomic E-state index is 12.5. The highest BCUT2D eigenvalue weighted by Gasteiger charge is 2.24. The number of para-hydroxylation sites is 1. The van der Waals surface area contributed by atoms with Gasteiger partial charge in [0, 0.05) is 39.0 Å². The summed E-state index contributed by atoms with van der Waals surface area (Å²) in [5, 5.41) is 3.06. The first-order valence-corrected chi connectivity index (χ1v) is 6.35. The van der Waals surface area contributed by atoms with Gasteiger partial charge in [0.05, 0.1) is 5.56 Å². The summed E-state index contributed by atoms with van der Waals surface area (Å²) in [5.74, 6) is 0.0758. The Kier molecular flexibility index (Phi) is 4.20. The van der Waals surface area contributed by atoms with Crippen LogP contribution >= 0.6 is 0 Å². The van der Waals surface area contributed by atoms with E-state index in [2.05, 4.69) is 5.32 Å². The van der Waals surface area contributed by atoms with Crippen molar-refractivity contribution in [2.45, 2.75) is 18.9 Å². The Morgan fingerprint density at radius 2 is 2.00 bits per heavy atom. The number of ether oxygens (including phenoxy) is 1. The minimum absolute atomic E-state index is 0.0758. The SMILES string of the molecule is CNc1ccccc1C(=O)N(C)C1CCOCC1. The van der Waals surface area contributed by atoms with Crippen LogP contribution in [-0.2, 0) is 4.74 Å². The molecule has 1 aliphatic heterocycles. The number of hydrogen-bond acceptors (Lipinski definition) is 3. The van der Waals surface area contributed by atoms with Crippen molar-refractivity contribution in [3.8, 4) is 0 Å². The Hall–Kier alpha value is -1.55. The van der Waals surface area contributed by atoms with E-state index in [1.165, 1.54) is 0 Å². The molecule has 0 radical (unpaired) electrons. The molecule has 0 saturated carbocycles. The lowest BCUT2D eigenvalue weighted by molar-refractivity contribution is 0.0362. The van der Waals surface area contributed by atoms with Crippen LogP contribution in [0.5, 0.6) is 0 Å². The number of nitrogens with zero attached hydrogens (tertiary/aromatic N) is 1. The molecule has 4 heteroatoms. The van der Waals surface area contributed by atoms with E-state index in [1.54, 1.807) is 0 Å². The number of amides is 1. The van der Waals surface area contributed by atoms with Crippen molar-refractivity contribution >= 4 is 11.6 Å². The number of carbonyl (C=O) groups excluding carboxylic acids is 1. The van der Waals surface area contributed by atoms with E-state index >= 15 is 0 Å². The van der Waals surface area contributed by atoms with Crippen LogP contribution in [0.3, 0.4) is 0 Å². The fraction of sp³-hybridized carbons (Fsp3) is 0.500. The van der Waals surface area contributed by atoms with Gasteiger partial charge in [0.1, 0.15) is 0 Å². The molecule has 1 fully saturated rings. The van der Waals surface area contributed by atoms with E-state index in [0.717, 1.165) is 37.3 Å². The Morgan fingerprint density at radius 1 is 1.33 bits per heavy atom. The van der Waals surface area contributed by atoms with Gasteiger partial charge in [0.25, 0.3) is 5.91 Å². The zero-order valence-electron chi connectivity index (χ0n) is 11.0. The van der Waals surface area contributed by atoms with Crippen molar-refractivity contribution in [1.29, 1.82) is 0 Å². The third-order valence-electron chi connectivity index (χ3n) is 3.49. The predicted octanol–water partition coefficient (Wildman–Crippen LogP) is 1.98. The first-order valence-electron chi connectivity index (χ1n) is 6.35. The molecule has 1 aliphatic rings. The average Bonchev–Trinajstić information content (AvgIpc) is 2.46. The topological polar surface area (TPSA) is 41.6 Å². The van der Waals surface area contributed by atoms with Crippen LogP contribution in [0.1, 0.15) is 23.2 Å². The molecule has 0 atom stereocenters. The summed E-state index contributed by atoms with van der Waals surface area (Å²) in [5.41, 5.74) is 1.61. The molecule has 98 valence electrons. The molecule has 18 heavy (non-hydrogen) atoms. The molecule has 0 aliphatic carbocycles. The molecule has 0 unspecified atom stereocenters. The van der Waals surface area contributed by atoms with Gasteiger partial charge in [-0.15, -0.1) is 0 Å².